The summed E-state index contributed by atoms with van der Waals surface area (Å²) in [4.78, 5) is 2.53. The van der Waals surface area contributed by atoms with Crippen LogP contribution in [0.2, 0.25) is 0 Å². The Balaban J connectivity index is 1.72. The van der Waals surface area contributed by atoms with Crippen molar-refractivity contribution in [1.82, 2.24) is 10.2 Å². The molecule has 1 saturated heterocycles. The molecule has 1 atom stereocenters. The molecule has 1 aliphatic heterocycles. The topological polar surface area (TPSA) is 24.5 Å². The second-order valence-electron chi connectivity index (χ2n) is 5.03. The average Bonchev–Trinajstić information content (AvgIpc) is 2.87. The van der Waals surface area contributed by atoms with Gasteiger partial charge in [-0.3, -0.25) is 0 Å². The van der Waals surface area contributed by atoms with Crippen LogP contribution in [0.5, 0.6) is 5.75 Å². The molecule has 1 N–H and O–H groups in total. The van der Waals surface area contributed by atoms with Gasteiger partial charge in [-0.05, 0) is 49.7 Å². The summed E-state index contributed by atoms with van der Waals surface area (Å²) in [7, 11) is 1.71. The minimum Gasteiger partial charge on any atom is -0.497 e. The second-order valence-corrected chi connectivity index (χ2v) is 5.03. The monoisotopic (exact) mass is 248 g/mol. The molecule has 0 aliphatic carbocycles. The molecule has 3 heteroatoms. The molecule has 1 heterocycles. The van der Waals surface area contributed by atoms with Crippen LogP contribution in [0.25, 0.3) is 0 Å². The molecule has 0 unspecified atom stereocenters. The molecule has 1 aliphatic rings. The van der Waals surface area contributed by atoms with E-state index in [4.69, 9.17) is 4.74 Å². The summed E-state index contributed by atoms with van der Waals surface area (Å²) in [5, 5.41) is 3.56. The first-order valence-electron chi connectivity index (χ1n) is 6.87. The zero-order chi connectivity index (χ0) is 12.8. The van der Waals surface area contributed by atoms with Crippen molar-refractivity contribution in [3.63, 3.8) is 0 Å². The predicted octanol–water partition coefficient (Wildman–Crippen LogP) is 2.13. The third-order valence-corrected chi connectivity index (χ3v) is 3.71. The van der Waals surface area contributed by atoms with E-state index in [2.05, 4.69) is 29.3 Å². The molecule has 2 rings (SSSR count). The Hall–Kier alpha value is -1.06. The van der Waals surface area contributed by atoms with Crippen molar-refractivity contribution >= 4 is 0 Å². The first-order valence-corrected chi connectivity index (χ1v) is 6.87. The van der Waals surface area contributed by atoms with Gasteiger partial charge in [0, 0.05) is 13.1 Å². The SMILES string of the molecule is CCN1CC[C@@H](CNCc2cccc(OC)c2)C1. The molecule has 0 spiro atoms. The van der Waals surface area contributed by atoms with Gasteiger partial charge in [0.05, 0.1) is 7.11 Å². The summed E-state index contributed by atoms with van der Waals surface area (Å²) < 4.78 is 5.23. The van der Waals surface area contributed by atoms with Gasteiger partial charge < -0.3 is 15.0 Å². The fraction of sp³-hybridized carbons (Fsp3) is 0.600. The van der Waals surface area contributed by atoms with Crippen molar-refractivity contribution in [2.24, 2.45) is 5.92 Å². The van der Waals surface area contributed by atoms with Crippen LogP contribution in [0.4, 0.5) is 0 Å². The molecule has 100 valence electrons. The predicted molar refractivity (Wildman–Crippen MR) is 74.9 cm³/mol. The van der Waals surface area contributed by atoms with Crippen molar-refractivity contribution < 1.29 is 4.74 Å². The quantitative estimate of drug-likeness (QED) is 0.834. The Morgan fingerprint density at radius 3 is 3.06 bits per heavy atom. The molecular weight excluding hydrogens is 224 g/mol. The fourth-order valence-corrected chi connectivity index (χ4v) is 2.57. The van der Waals surface area contributed by atoms with Gasteiger partial charge in [0.25, 0.3) is 0 Å². The third-order valence-electron chi connectivity index (χ3n) is 3.71. The largest absolute Gasteiger partial charge is 0.497 e. The molecule has 0 saturated carbocycles. The summed E-state index contributed by atoms with van der Waals surface area (Å²) in [5.74, 6) is 1.75. The lowest BCUT2D eigenvalue weighted by molar-refractivity contribution is 0.339. The Morgan fingerprint density at radius 2 is 2.33 bits per heavy atom. The van der Waals surface area contributed by atoms with Crippen LogP contribution in [0.3, 0.4) is 0 Å². The maximum atomic E-state index is 5.23. The van der Waals surface area contributed by atoms with Crippen LogP contribution < -0.4 is 10.1 Å². The summed E-state index contributed by atoms with van der Waals surface area (Å²) in [6, 6.07) is 8.27. The second kappa shape index (κ2) is 6.76. The first-order chi connectivity index (χ1) is 8.81. The van der Waals surface area contributed by atoms with Crippen LogP contribution in [0.15, 0.2) is 24.3 Å². The standard InChI is InChI=1S/C15H24N2O/c1-3-17-8-7-14(12-17)11-16-10-13-5-4-6-15(9-13)18-2/h4-6,9,14,16H,3,7-8,10-12H2,1-2H3/t14-/m0/s1. The van der Waals surface area contributed by atoms with Crippen molar-refractivity contribution in [2.45, 2.75) is 19.9 Å². The molecule has 0 aromatic heterocycles. The van der Waals surface area contributed by atoms with Gasteiger partial charge in [-0.25, -0.2) is 0 Å². The Labute approximate surface area is 110 Å². The van der Waals surface area contributed by atoms with E-state index in [1.165, 1.54) is 31.6 Å². The van der Waals surface area contributed by atoms with E-state index in [0.29, 0.717) is 0 Å². The number of nitrogens with zero attached hydrogens (tertiary/aromatic N) is 1. The Bertz CT molecular complexity index is 367. The average molecular weight is 248 g/mol. The van der Waals surface area contributed by atoms with Crippen molar-refractivity contribution in [3.05, 3.63) is 29.8 Å². The Morgan fingerprint density at radius 1 is 1.44 bits per heavy atom. The summed E-state index contributed by atoms with van der Waals surface area (Å²) in [5.41, 5.74) is 1.29. The van der Waals surface area contributed by atoms with E-state index in [0.717, 1.165) is 24.8 Å². The summed E-state index contributed by atoms with van der Waals surface area (Å²) in [6.45, 7) is 8.00. The van der Waals surface area contributed by atoms with Crippen LogP contribution in [0, 0.1) is 5.92 Å². The highest BCUT2D eigenvalue weighted by molar-refractivity contribution is 5.28. The van der Waals surface area contributed by atoms with Gasteiger partial charge in [0.15, 0.2) is 0 Å². The van der Waals surface area contributed by atoms with E-state index in [-0.39, 0.29) is 0 Å². The molecule has 18 heavy (non-hydrogen) atoms. The van der Waals surface area contributed by atoms with Crippen LogP contribution in [0.1, 0.15) is 18.9 Å². The van der Waals surface area contributed by atoms with Gasteiger partial charge in [0.2, 0.25) is 0 Å². The van der Waals surface area contributed by atoms with E-state index in [1.54, 1.807) is 7.11 Å². The van der Waals surface area contributed by atoms with Gasteiger partial charge in [-0.1, -0.05) is 19.1 Å². The fourth-order valence-electron chi connectivity index (χ4n) is 2.57. The van der Waals surface area contributed by atoms with Crippen LogP contribution in [-0.2, 0) is 6.54 Å². The number of hydrogen-bond acceptors (Lipinski definition) is 3. The lowest BCUT2D eigenvalue weighted by atomic mass is 10.1. The van der Waals surface area contributed by atoms with Crippen molar-refractivity contribution in [2.75, 3.05) is 33.3 Å². The number of benzene rings is 1. The maximum absolute atomic E-state index is 5.23. The van der Waals surface area contributed by atoms with Gasteiger partial charge in [-0.2, -0.15) is 0 Å². The number of rotatable bonds is 6. The molecule has 0 bridgehead atoms. The summed E-state index contributed by atoms with van der Waals surface area (Å²) in [6.07, 6.45) is 1.33. The highest BCUT2D eigenvalue weighted by Crippen LogP contribution is 2.15. The highest BCUT2D eigenvalue weighted by atomic mass is 16.5. The minimum atomic E-state index is 0.815. The zero-order valence-electron chi connectivity index (χ0n) is 11.5. The van der Waals surface area contributed by atoms with Gasteiger partial charge in [0.1, 0.15) is 5.75 Å². The van der Waals surface area contributed by atoms with Crippen molar-refractivity contribution in [1.29, 1.82) is 0 Å². The maximum Gasteiger partial charge on any atom is 0.119 e. The normalized spacial score (nSPS) is 20.2. The third kappa shape index (κ3) is 3.72. The number of nitrogens with one attached hydrogen (secondary N) is 1. The minimum absolute atomic E-state index is 0.815. The molecule has 1 aromatic rings. The van der Waals surface area contributed by atoms with E-state index in [1.807, 2.05) is 12.1 Å². The highest BCUT2D eigenvalue weighted by Gasteiger charge is 2.20. The van der Waals surface area contributed by atoms with E-state index >= 15 is 0 Å². The molecule has 0 amide bonds. The number of likely N-dealkylation sites (tertiary alicyclic amines) is 1. The number of ether oxygens (including phenoxy) is 1. The van der Waals surface area contributed by atoms with E-state index in [9.17, 15) is 0 Å². The van der Waals surface area contributed by atoms with Crippen LogP contribution >= 0.6 is 0 Å². The number of hydrogen-bond donors (Lipinski definition) is 1. The van der Waals surface area contributed by atoms with Crippen LogP contribution in [-0.4, -0.2) is 38.2 Å². The lowest BCUT2D eigenvalue weighted by Crippen LogP contribution is -2.26. The first kappa shape index (κ1) is 13.4. The lowest BCUT2D eigenvalue weighted by Gasteiger charge is -2.14. The summed E-state index contributed by atoms with van der Waals surface area (Å²) >= 11 is 0. The zero-order valence-corrected chi connectivity index (χ0v) is 11.5. The molecule has 1 aromatic carbocycles. The van der Waals surface area contributed by atoms with Crippen molar-refractivity contribution in [3.8, 4) is 5.75 Å². The smallest absolute Gasteiger partial charge is 0.119 e. The molecule has 0 radical (unpaired) electrons. The molecule has 3 nitrogen and oxygen atoms in total. The van der Waals surface area contributed by atoms with Gasteiger partial charge in [-0.15, -0.1) is 0 Å². The molecule has 1 fully saturated rings. The molecular formula is C15H24N2O. The Kier molecular flexibility index (Phi) is 5.02. The van der Waals surface area contributed by atoms with E-state index < -0.39 is 0 Å². The number of methoxy groups -OCH3 is 1. The van der Waals surface area contributed by atoms with Gasteiger partial charge >= 0.3 is 0 Å².